The van der Waals surface area contributed by atoms with E-state index < -0.39 is 23.1 Å². The molecule has 0 aromatic rings. The topological polar surface area (TPSA) is 71.1 Å². The first-order chi connectivity index (χ1) is 12.7. The Labute approximate surface area is 161 Å². The molecule has 1 spiro atoms. The Morgan fingerprint density at radius 3 is 2.00 bits per heavy atom. The summed E-state index contributed by atoms with van der Waals surface area (Å²) in [5, 5.41) is 0. The molecule has 3 rings (SSSR count). The Morgan fingerprint density at radius 2 is 1.52 bits per heavy atom. The van der Waals surface area contributed by atoms with Crippen LogP contribution in [0.15, 0.2) is 11.1 Å². The van der Waals surface area contributed by atoms with Gasteiger partial charge in [0.15, 0.2) is 11.2 Å². The van der Waals surface area contributed by atoms with E-state index in [0.717, 1.165) is 24.8 Å². The Kier molecular flexibility index (Phi) is 4.96. The normalized spacial score (nSPS) is 33.0. The van der Waals surface area contributed by atoms with Crippen molar-refractivity contribution < 1.29 is 28.5 Å². The lowest BCUT2D eigenvalue weighted by Crippen LogP contribution is -2.44. The van der Waals surface area contributed by atoms with Crippen molar-refractivity contribution in [2.24, 2.45) is 16.2 Å². The Morgan fingerprint density at radius 1 is 0.963 bits per heavy atom. The van der Waals surface area contributed by atoms with Gasteiger partial charge in [0.05, 0.1) is 13.2 Å². The highest BCUT2D eigenvalue weighted by molar-refractivity contribution is 6.04. The molecule has 6 nitrogen and oxygen atoms in total. The average molecular weight is 380 g/mol. The fourth-order valence-corrected chi connectivity index (χ4v) is 6.12. The molecule has 0 N–H and O–H groups in total. The molecule has 0 heterocycles. The fourth-order valence-electron chi connectivity index (χ4n) is 6.12. The second kappa shape index (κ2) is 6.59. The average Bonchev–Trinajstić information content (AvgIpc) is 3.14. The van der Waals surface area contributed by atoms with Gasteiger partial charge in [-0.2, -0.15) is 0 Å². The maximum Gasteiger partial charge on any atom is 0.327 e. The van der Waals surface area contributed by atoms with Gasteiger partial charge in [0.25, 0.3) is 0 Å². The molecule has 1 unspecified atom stereocenters. The highest BCUT2D eigenvalue weighted by Gasteiger charge is 2.74. The van der Waals surface area contributed by atoms with Gasteiger partial charge in [-0.1, -0.05) is 12.5 Å². The predicted octanol–water partition coefficient (Wildman–Crippen LogP) is 3.39. The SMILES string of the molecule is CCOC(=O)C1(C(=O)OCC)CC23CC(OC)(OC)C[C@@]2(C)CCC3=C1C. The molecule has 0 bridgehead atoms. The molecule has 27 heavy (non-hydrogen) atoms. The van der Waals surface area contributed by atoms with Gasteiger partial charge in [0.1, 0.15) is 0 Å². The van der Waals surface area contributed by atoms with Crippen molar-refractivity contribution in [2.45, 2.75) is 65.6 Å². The van der Waals surface area contributed by atoms with Crippen molar-refractivity contribution in [2.75, 3.05) is 27.4 Å². The molecule has 0 aliphatic heterocycles. The third-order valence-electron chi connectivity index (χ3n) is 7.54. The predicted molar refractivity (Wildman–Crippen MR) is 98.8 cm³/mol. The highest BCUT2D eigenvalue weighted by atomic mass is 16.7. The molecule has 0 aromatic heterocycles. The third kappa shape index (κ3) is 2.45. The number of carbonyl (C=O) groups is 2. The molecule has 3 aliphatic rings. The minimum atomic E-state index is -1.36. The van der Waals surface area contributed by atoms with E-state index in [1.165, 1.54) is 5.57 Å². The second-order valence-corrected chi connectivity index (χ2v) is 8.44. The molecule has 2 saturated carbocycles. The van der Waals surface area contributed by atoms with Crippen LogP contribution in [0.3, 0.4) is 0 Å². The highest BCUT2D eigenvalue weighted by Crippen LogP contribution is 2.76. The molecule has 152 valence electrons. The minimum absolute atomic E-state index is 0.101. The summed E-state index contributed by atoms with van der Waals surface area (Å²) in [4.78, 5) is 26.2. The van der Waals surface area contributed by atoms with Crippen molar-refractivity contribution in [1.82, 2.24) is 0 Å². The number of rotatable bonds is 6. The Hall–Kier alpha value is -1.40. The number of esters is 2. The zero-order valence-electron chi connectivity index (χ0n) is 17.4. The molecular weight excluding hydrogens is 348 g/mol. The lowest BCUT2D eigenvalue weighted by Gasteiger charge is -2.38. The van der Waals surface area contributed by atoms with Crippen LogP contribution in [0.4, 0.5) is 0 Å². The fraction of sp³-hybridized carbons (Fsp3) is 0.810. The van der Waals surface area contributed by atoms with E-state index in [9.17, 15) is 9.59 Å². The maximum atomic E-state index is 13.1. The van der Waals surface area contributed by atoms with E-state index >= 15 is 0 Å². The lowest BCUT2D eigenvalue weighted by molar-refractivity contribution is -0.208. The molecule has 6 heteroatoms. The Bertz CT molecular complexity index is 658. The van der Waals surface area contributed by atoms with Crippen LogP contribution in [0.2, 0.25) is 0 Å². The maximum absolute atomic E-state index is 13.1. The van der Waals surface area contributed by atoms with Gasteiger partial charge in [-0.05, 0) is 51.0 Å². The first-order valence-corrected chi connectivity index (χ1v) is 9.86. The van der Waals surface area contributed by atoms with Crippen molar-refractivity contribution >= 4 is 11.9 Å². The van der Waals surface area contributed by atoms with E-state index in [0.29, 0.717) is 12.8 Å². The van der Waals surface area contributed by atoms with Crippen LogP contribution >= 0.6 is 0 Å². The zero-order valence-corrected chi connectivity index (χ0v) is 17.4. The number of allylic oxidation sites excluding steroid dienone is 1. The summed E-state index contributed by atoms with van der Waals surface area (Å²) in [6, 6.07) is 0. The summed E-state index contributed by atoms with van der Waals surface area (Å²) in [5.74, 6) is -1.68. The van der Waals surface area contributed by atoms with Crippen LogP contribution in [0.25, 0.3) is 0 Å². The van der Waals surface area contributed by atoms with Crippen molar-refractivity contribution in [3.8, 4) is 0 Å². The number of hydrogen-bond acceptors (Lipinski definition) is 6. The third-order valence-corrected chi connectivity index (χ3v) is 7.54. The van der Waals surface area contributed by atoms with E-state index in [1.54, 1.807) is 28.1 Å². The Balaban J connectivity index is 2.14. The van der Waals surface area contributed by atoms with Crippen LogP contribution < -0.4 is 0 Å². The summed E-state index contributed by atoms with van der Waals surface area (Å²) < 4.78 is 22.3. The first kappa shape index (κ1) is 20.3. The summed E-state index contributed by atoms with van der Waals surface area (Å²) >= 11 is 0. The van der Waals surface area contributed by atoms with E-state index in [-0.39, 0.29) is 24.0 Å². The number of ether oxygens (including phenoxy) is 4. The van der Waals surface area contributed by atoms with E-state index in [2.05, 4.69) is 6.92 Å². The smallest absolute Gasteiger partial charge is 0.327 e. The minimum Gasteiger partial charge on any atom is -0.465 e. The first-order valence-electron chi connectivity index (χ1n) is 9.86. The van der Waals surface area contributed by atoms with Gasteiger partial charge in [0.2, 0.25) is 0 Å². The van der Waals surface area contributed by atoms with Crippen molar-refractivity contribution in [1.29, 1.82) is 0 Å². The van der Waals surface area contributed by atoms with Crippen molar-refractivity contribution in [3.05, 3.63) is 11.1 Å². The van der Waals surface area contributed by atoms with Crippen molar-refractivity contribution in [3.63, 3.8) is 0 Å². The molecule has 3 aliphatic carbocycles. The quantitative estimate of drug-likeness (QED) is 0.304. The number of hydrogen-bond donors (Lipinski definition) is 0. The van der Waals surface area contributed by atoms with Gasteiger partial charge in [-0.25, -0.2) is 0 Å². The largest absolute Gasteiger partial charge is 0.465 e. The number of carbonyl (C=O) groups excluding carboxylic acids is 2. The van der Waals surface area contributed by atoms with E-state index in [4.69, 9.17) is 18.9 Å². The standard InChI is InChI=1S/C21H32O6/c1-7-26-16(22)21(17(23)27-8-2)13-19-12-20(24-5,25-6)11-18(19,4)10-9-15(19)14(21)3/h7-13H2,1-6H3/t18-,19?/m1/s1. The van der Waals surface area contributed by atoms with Crippen LogP contribution in [0.5, 0.6) is 0 Å². The van der Waals surface area contributed by atoms with Crippen LogP contribution in [-0.2, 0) is 28.5 Å². The summed E-state index contributed by atoms with van der Waals surface area (Å²) in [7, 11) is 3.33. The van der Waals surface area contributed by atoms with Crippen LogP contribution in [0, 0.1) is 16.2 Å². The second-order valence-electron chi connectivity index (χ2n) is 8.44. The molecule has 2 fully saturated rings. The van der Waals surface area contributed by atoms with Gasteiger partial charge >= 0.3 is 11.9 Å². The molecular formula is C21H32O6. The summed E-state index contributed by atoms with van der Waals surface area (Å²) in [6.45, 7) is 8.12. The molecule has 0 saturated heterocycles. The monoisotopic (exact) mass is 380 g/mol. The van der Waals surface area contributed by atoms with Gasteiger partial charge in [-0.15, -0.1) is 0 Å². The molecule has 0 radical (unpaired) electrons. The zero-order chi connectivity index (χ0) is 20.1. The molecule has 0 aromatic carbocycles. The van der Waals surface area contributed by atoms with E-state index in [1.807, 2.05) is 6.92 Å². The molecule has 0 amide bonds. The van der Waals surface area contributed by atoms with Crippen LogP contribution in [0.1, 0.15) is 59.8 Å². The molecule has 2 atom stereocenters. The summed E-state index contributed by atoms with van der Waals surface area (Å²) in [6.07, 6.45) is 3.63. The van der Waals surface area contributed by atoms with Crippen LogP contribution in [-0.4, -0.2) is 45.2 Å². The summed E-state index contributed by atoms with van der Waals surface area (Å²) in [5.41, 5.74) is 0.229. The van der Waals surface area contributed by atoms with Gasteiger partial charge < -0.3 is 18.9 Å². The van der Waals surface area contributed by atoms with Gasteiger partial charge in [-0.3, -0.25) is 9.59 Å². The van der Waals surface area contributed by atoms with Gasteiger partial charge in [0, 0.05) is 32.5 Å². The number of methoxy groups -OCH3 is 2. The lowest BCUT2D eigenvalue weighted by atomic mass is 9.64.